The summed E-state index contributed by atoms with van der Waals surface area (Å²) in [7, 11) is 2.63. The van der Waals surface area contributed by atoms with Crippen LogP contribution in [0.2, 0.25) is 0 Å². The molecule has 0 amide bonds. The predicted molar refractivity (Wildman–Crippen MR) is 104 cm³/mol. The summed E-state index contributed by atoms with van der Waals surface area (Å²) in [6, 6.07) is 5.00. The second-order valence-corrected chi connectivity index (χ2v) is 7.21. The predicted octanol–water partition coefficient (Wildman–Crippen LogP) is 1.48. The minimum Gasteiger partial charge on any atom is -0.466 e. The van der Waals surface area contributed by atoms with Crippen molar-refractivity contribution in [2.24, 2.45) is 5.73 Å². The van der Waals surface area contributed by atoms with Crippen molar-refractivity contribution in [3.05, 3.63) is 51.0 Å². The summed E-state index contributed by atoms with van der Waals surface area (Å²) in [6.45, 7) is 1.52. The second-order valence-electron chi connectivity index (χ2n) is 6.29. The number of hydrogen-bond donors (Lipinski definition) is 2. The molecular formula is C19H19BrN2O7. The number of rotatable bonds is 5. The highest BCUT2D eigenvalue weighted by Gasteiger charge is 2.62. The van der Waals surface area contributed by atoms with Crippen molar-refractivity contribution in [3.8, 4) is 0 Å². The fourth-order valence-electron chi connectivity index (χ4n) is 3.54. The van der Waals surface area contributed by atoms with Crippen LogP contribution in [-0.2, 0) is 38.7 Å². The molecule has 0 fully saturated rings. The number of carbonyl (C=O) groups excluding carboxylic acids is 3. The lowest BCUT2D eigenvalue weighted by atomic mass is 9.67. The molecule has 1 aromatic carbocycles. The molecule has 3 N–H and O–H groups in total. The number of allylic oxidation sites excluding steroid dienone is 1. The highest BCUT2D eigenvalue weighted by atomic mass is 79.9. The molecule has 1 aromatic rings. The average molecular weight is 467 g/mol. The molecule has 2 heterocycles. The lowest BCUT2D eigenvalue weighted by Gasteiger charge is -2.36. The highest BCUT2D eigenvalue weighted by molar-refractivity contribution is 9.10. The van der Waals surface area contributed by atoms with E-state index < -0.39 is 23.3 Å². The quantitative estimate of drug-likeness (QED) is 0.376. The first kappa shape index (κ1) is 20.9. The van der Waals surface area contributed by atoms with E-state index >= 15 is 0 Å². The number of esters is 3. The zero-order valence-corrected chi connectivity index (χ0v) is 17.5. The van der Waals surface area contributed by atoms with Crippen molar-refractivity contribution < 1.29 is 33.3 Å². The third-order valence-corrected chi connectivity index (χ3v) is 5.19. The first-order valence-electron chi connectivity index (χ1n) is 8.54. The molecule has 1 spiro atoms. The lowest BCUT2D eigenvalue weighted by Crippen LogP contribution is -2.47. The van der Waals surface area contributed by atoms with Gasteiger partial charge in [-0.2, -0.15) is 0 Å². The molecule has 9 nitrogen and oxygen atoms in total. The first-order valence-corrected chi connectivity index (χ1v) is 9.33. The van der Waals surface area contributed by atoms with Crippen molar-refractivity contribution >= 4 is 39.5 Å². The number of hydrogen-bond acceptors (Lipinski definition) is 9. The smallest absolute Gasteiger partial charge is 0.339 e. The van der Waals surface area contributed by atoms with E-state index in [1.54, 1.807) is 18.2 Å². The van der Waals surface area contributed by atoms with Crippen molar-refractivity contribution in [2.45, 2.75) is 12.3 Å². The van der Waals surface area contributed by atoms with Crippen LogP contribution in [0.15, 0.2) is 45.4 Å². The molecular weight excluding hydrogens is 448 g/mol. The molecule has 10 heteroatoms. The number of halogens is 1. The highest BCUT2D eigenvalue weighted by Crippen LogP contribution is 2.53. The van der Waals surface area contributed by atoms with Crippen molar-refractivity contribution in [1.29, 1.82) is 0 Å². The van der Waals surface area contributed by atoms with Gasteiger partial charge in [-0.3, -0.25) is 0 Å². The third kappa shape index (κ3) is 3.18. The van der Waals surface area contributed by atoms with Gasteiger partial charge >= 0.3 is 17.9 Å². The van der Waals surface area contributed by atoms with Gasteiger partial charge in [0, 0.05) is 22.8 Å². The van der Waals surface area contributed by atoms with E-state index in [1.807, 2.05) is 0 Å². The Morgan fingerprint density at radius 2 is 1.93 bits per heavy atom. The Hall–Kier alpha value is -2.85. The summed E-state index contributed by atoms with van der Waals surface area (Å²) >= 11 is 3.36. The molecule has 1 atom stereocenters. The summed E-state index contributed by atoms with van der Waals surface area (Å²) < 4.78 is 20.9. The van der Waals surface area contributed by atoms with Crippen molar-refractivity contribution in [1.82, 2.24) is 0 Å². The van der Waals surface area contributed by atoms with Gasteiger partial charge in [-0.25, -0.2) is 14.4 Å². The molecule has 0 unspecified atom stereocenters. The maximum absolute atomic E-state index is 13.2. The molecule has 0 aliphatic carbocycles. The molecule has 29 heavy (non-hydrogen) atoms. The van der Waals surface area contributed by atoms with E-state index in [4.69, 9.17) is 24.7 Å². The van der Waals surface area contributed by atoms with Gasteiger partial charge in [0.05, 0.1) is 13.7 Å². The number of anilines is 1. The maximum Gasteiger partial charge on any atom is 0.339 e. The molecule has 0 saturated carbocycles. The number of cyclic esters (lactones) is 1. The zero-order valence-electron chi connectivity index (χ0n) is 16.0. The van der Waals surface area contributed by atoms with Gasteiger partial charge in [0.1, 0.15) is 29.3 Å². The molecule has 2 aliphatic rings. The third-order valence-electron chi connectivity index (χ3n) is 4.69. The molecule has 0 aromatic heterocycles. The Bertz CT molecular complexity index is 969. The van der Waals surface area contributed by atoms with Crippen LogP contribution >= 0.6 is 15.9 Å². The molecule has 0 bridgehead atoms. The Kier molecular flexibility index (Phi) is 5.67. The van der Waals surface area contributed by atoms with Crippen LogP contribution < -0.4 is 11.1 Å². The lowest BCUT2D eigenvalue weighted by molar-refractivity contribution is -0.147. The van der Waals surface area contributed by atoms with Crippen LogP contribution in [-0.4, -0.2) is 45.3 Å². The Morgan fingerprint density at radius 1 is 1.21 bits per heavy atom. The van der Waals surface area contributed by atoms with Gasteiger partial charge < -0.3 is 30.0 Å². The molecule has 2 aliphatic heterocycles. The van der Waals surface area contributed by atoms with Gasteiger partial charge in [0.2, 0.25) is 0 Å². The van der Waals surface area contributed by atoms with Gasteiger partial charge in [-0.05, 0) is 25.1 Å². The maximum atomic E-state index is 13.2. The van der Waals surface area contributed by atoms with E-state index in [9.17, 15) is 14.4 Å². The minimum absolute atomic E-state index is 0.0182. The van der Waals surface area contributed by atoms with E-state index in [2.05, 4.69) is 21.2 Å². The molecule has 3 rings (SSSR count). The zero-order chi connectivity index (χ0) is 21.3. The van der Waals surface area contributed by atoms with Crippen molar-refractivity contribution in [3.63, 3.8) is 0 Å². The number of fused-ring (bicyclic) bond motifs is 2. The van der Waals surface area contributed by atoms with E-state index in [-0.39, 0.29) is 35.9 Å². The Labute approximate surface area is 174 Å². The van der Waals surface area contributed by atoms with Crippen LogP contribution in [0.4, 0.5) is 5.69 Å². The van der Waals surface area contributed by atoms with Gasteiger partial charge in [0.15, 0.2) is 5.41 Å². The number of ether oxygens (including phenoxy) is 4. The molecule has 0 saturated heterocycles. The summed E-state index contributed by atoms with van der Waals surface area (Å²) in [6.07, 6.45) is 0. The van der Waals surface area contributed by atoms with E-state index in [1.165, 1.54) is 21.1 Å². The Morgan fingerprint density at radius 3 is 2.59 bits per heavy atom. The molecule has 154 valence electrons. The average Bonchev–Trinajstić information content (AvgIpc) is 2.92. The van der Waals surface area contributed by atoms with E-state index in [0.717, 1.165) is 0 Å². The van der Waals surface area contributed by atoms with Gasteiger partial charge in [-0.15, -0.1) is 0 Å². The summed E-state index contributed by atoms with van der Waals surface area (Å²) in [5, 5.41) is 2.89. The van der Waals surface area contributed by atoms with Crippen LogP contribution in [0.25, 0.3) is 0 Å². The fraction of sp³-hybridized carbons (Fsp3) is 0.316. The topological polar surface area (TPSA) is 126 Å². The minimum atomic E-state index is -1.93. The number of methoxy groups -OCH3 is 2. The number of nitrogens with one attached hydrogen (secondary N) is 1. The largest absolute Gasteiger partial charge is 0.466 e. The second kappa shape index (κ2) is 7.88. The standard InChI is InChI=1S/C19H19BrN2O7/c1-9-13(16(23)27-3)19(18(25)29-9)11-8-10(20)4-5-12(11)22-15(21)14(19)17(24)28-7-6-26-2/h4-5,8,22H,6-7,21H2,1-3H3/t19-/m0/s1. The van der Waals surface area contributed by atoms with Gasteiger partial charge in [0.25, 0.3) is 0 Å². The van der Waals surface area contributed by atoms with Crippen LogP contribution in [0, 0.1) is 0 Å². The van der Waals surface area contributed by atoms with Crippen molar-refractivity contribution in [2.75, 3.05) is 32.8 Å². The SMILES string of the molecule is COCCOC(=O)C1=C(N)Nc2ccc(Br)cc2[C@@]12C(=O)OC(C)=C2C(=O)OC. The molecule has 0 radical (unpaired) electrons. The number of nitrogens with two attached hydrogens (primary N) is 1. The van der Waals surface area contributed by atoms with E-state index in [0.29, 0.717) is 15.7 Å². The van der Waals surface area contributed by atoms with Crippen LogP contribution in [0.1, 0.15) is 12.5 Å². The monoisotopic (exact) mass is 466 g/mol. The van der Waals surface area contributed by atoms with Crippen LogP contribution in [0.3, 0.4) is 0 Å². The summed E-state index contributed by atoms with van der Waals surface area (Å²) in [4.78, 5) is 38.9. The summed E-state index contributed by atoms with van der Waals surface area (Å²) in [5.74, 6) is -2.67. The number of carbonyl (C=O) groups is 3. The normalized spacial score (nSPS) is 20.3. The first-order chi connectivity index (χ1) is 13.8. The fourth-order valence-corrected chi connectivity index (χ4v) is 3.90. The summed E-state index contributed by atoms with van der Waals surface area (Å²) in [5.41, 5.74) is 4.57. The van der Waals surface area contributed by atoms with Crippen LogP contribution in [0.5, 0.6) is 0 Å². The van der Waals surface area contributed by atoms with Gasteiger partial charge in [-0.1, -0.05) is 15.9 Å². The Balaban J connectivity index is 2.31. The number of benzene rings is 1.